The van der Waals surface area contributed by atoms with Crippen molar-refractivity contribution < 1.29 is 4.39 Å². The van der Waals surface area contributed by atoms with Crippen LogP contribution >= 0.6 is 0 Å². The van der Waals surface area contributed by atoms with Crippen molar-refractivity contribution in [1.29, 1.82) is 0 Å². The lowest BCUT2D eigenvalue weighted by molar-refractivity contribution is 0.533. The standard InChI is InChI=1S/C12H18FN/c1-8(2)10-6-5-9(13)7-11(10)12(3,4)14/h5-8H,14H2,1-4H3. The first kappa shape index (κ1) is 11.2. The van der Waals surface area contributed by atoms with Crippen molar-refractivity contribution in [3.63, 3.8) is 0 Å². The van der Waals surface area contributed by atoms with Crippen molar-refractivity contribution in [2.45, 2.75) is 39.2 Å². The van der Waals surface area contributed by atoms with Crippen LogP contribution < -0.4 is 5.73 Å². The molecule has 2 heteroatoms. The van der Waals surface area contributed by atoms with E-state index in [0.29, 0.717) is 5.92 Å². The Morgan fingerprint density at radius 1 is 1.29 bits per heavy atom. The SMILES string of the molecule is CC(C)c1ccc(F)cc1C(C)(C)N. The van der Waals surface area contributed by atoms with Gasteiger partial charge in [0.05, 0.1) is 0 Å². The molecule has 78 valence electrons. The van der Waals surface area contributed by atoms with Gasteiger partial charge in [0.2, 0.25) is 0 Å². The van der Waals surface area contributed by atoms with Crippen LogP contribution in [0, 0.1) is 5.82 Å². The Balaban J connectivity index is 3.30. The number of nitrogens with two attached hydrogens (primary N) is 1. The van der Waals surface area contributed by atoms with E-state index in [1.807, 2.05) is 19.9 Å². The summed E-state index contributed by atoms with van der Waals surface area (Å²) in [4.78, 5) is 0. The third-order valence-electron chi connectivity index (χ3n) is 2.33. The minimum atomic E-state index is -0.484. The lowest BCUT2D eigenvalue weighted by Crippen LogP contribution is -2.30. The van der Waals surface area contributed by atoms with Gasteiger partial charge in [0.15, 0.2) is 0 Å². The second kappa shape index (κ2) is 3.70. The number of hydrogen-bond acceptors (Lipinski definition) is 1. The first-order valence-corrected chi connectivity index (χ1v) is 4.91. The Hall–Kier alpha value is -0.890. The van der Waals surface area contributed by atoms with Gasteiger partial charge in [-0.05, 0) is 43.0 Å². The molecule has 0 aromatic heterocycles. The Bertz CT molecular complexity index is 324. The molecule has 1 rings (SSSR count). The summed E-state index contributed by atoms with van der Waals surface area (Å²) in [6.45, 7) is 7.96. The molecule has 1 aromatic carbocycles. The zero-order valence-corrected chi connectivity index (χ0v) is 9.26. The molecule has 0 spiro atoms. The van der Waals surface area contributed by atoms with Crippen molar-refractivity contribution in [2.75, 3.05) is 0 Å². The Kier molecular flexibility index (Phi) is 2.95. The van der Waals surface area contributed by atoms with E-state index in [-0.39, 0.29) is 5.82 Å². The van der Waals surface area contributed by atoms with Crippen LogP contribution in [-0.2, 0) is 5.54 Å². The van der Waals surface area contributed by atoms with E-state index in [0.717, 1.165) is 11.1 Å². The molecule has 0 fully saturated rings. The van der Waals surface area contributed by atoms with Gasteiger partial charge in [0, 0.05) is 5.54 Å². The van der Waals surface area contributed by atoms with Gasteiger partial charge < -0.3 is 5.73 Å². The highest BCUT2D eigenvalue weighted by Gasteiger charge is 2.20. The van der Waals surface area contributed by atoms with Gasteiger partial charge in [-0.2, -0.15) is 0 Å². The fourth-order valence-electron chi connectivity index (χ4n) is 1.59. The van der Waals surface area contributed by atoms with Gasteiger partial charge in [-0.25, -0.2) is 4.39 Å². The summed E-state index contributed by atoms with van der Waals surface area (Å²) in [5, 5.41) is 0. The van der Waals surface area contributed by atoms with Crippen LogP contribution in [0.15, 0.2) is 18.2 Å². The Morgan fingerprint density at radius 2 is 1.86 bits per heavy atom. The molecule has 1 nitrogen and oxygen atoms in total. The summed E-state index contributed by atoms with van der Waals surface area (Å²) in [5.74, 6) is 0.149. The van der Waals surface area contributed by atoms with Gasteiger partial charge in [0.25, 0.3) is 0 Å². The van der Waals surface area contributed by atoms with Crippen LogP contribution in [0.5, 0.6) is 0 Å². The van der Waals surface area contributed by atoms with E-state index in [4.69, 9.17) is 5.73 Å². The van der Waals surface area contributed by atoms with Crippen LogP contribution in [0.1, 0.15) is 44.7 Å². The molecule has 1 aromatic rings. The highest BCUT2D eigenvalue weighted by Crippen LogP contribution is 2.27. The van der Waals surface area contributed by atoms with Crippen molar-refractivity contribution in [1.82, 2.24) is 0 Å². The van der Waals surface area contributed by atoms with E-state index in [1.165, 1.54) is 12.1 Å². The van der Waals surface area contributed by atoms with E-state index in [9.17, 15) is 4.39 Å². The molecule has 14 heavy (non-hydrogen) atoms. The molecule has 2 N–H and O–H groups in total. The minimum Gasteiger partial charge on any atom is -0.322 e. The maximum atomic E-state index is 13.1. The first-order valence-electron chi connectivity index (χ1n) is 4.91. The van der Waals surface area contributed by atoms with Crippen LogP contribution in [0.3, 0.4) is 0 Å². The third-order valence-corrected chi connectivity index (χ3v) is 2.33. The zero-order chi connectivity index (χ0) is 10.9. The van der Waals surface area contributed by atoms with E-state index < -0.39 is 5.54 Å². The molecular weight excluding hydrogens is 177 g/mol. The lowest BCUT2D eigenvalue weighted by atomic mass is 9.86. The molecule has 0 heterocycles. The minimum absolute atomic E-state index is 0.220. The molecule has 0 aliphatic heterocycles. The molecule has 0 radical (unpaired) electrons. The van der Waals surface area contributed by atoms with Crippen LogP contribution in [0.25, 0.3) is 0 Å². The third kappa shape index (κ3) is 2.32. The molecule has 0 atom stereocenters. The van der Waals surface area contributed by atoms with Crippen molar-refractivity contribution >= 4 is 0 Å². The molecule has 0 amide bonds. The fraction of sp³-hybridized carbons (Fsp3) is 0.500. The number of benzene rings is 1. The summed E-state index contributed by atoms with van der Waals surface area (Å²) in [7, 11) is 0. The average Bonchev–Trinajstić information content (AvgIpc) is 2.01. The van der Waals surface area contributed by atoms with Crippen molar-refractivity contribution in [3.8, 4) is 0 Å². The Morgan fingerprint density at radius 3 is 2.29 bits per heavy atom. The smallest absolute Gasteiger partial charge is 0.123 e. The Labute approximate surface area is 85.1 Å². The molecule has 0 unspecified atom stereocenters. The van der Waals surface area contributed by atoms with E-state index in [2.05, 4.69) is 13.8 Å². The number of rotatable bonds is 2. The van der Waals surface area contributed by atoms with Crippen LogP contribution in [0.2, 0.25) is 0 Å². The maximum Gasteiger partial charge on any atom is 0.123 e. The monoisotopic (exact) mass is 195 g/mol. The molecule has 0 saturated carbocycles. The zero-order valence-electron chi connectivity index (χ0n) is 9.26. The molecule has 0 aliphatic rings. The van der Waals surface area contributed by atoms with Gasteiger partial charge in [-0.1, -0.05) is 19.9 Å². The predicted molar refractivity (Wildman–Crippen MR) is 57.7 cm³/mol. The summed E-state index contributed by atoms with van der Waals surface area (Å²) in [6.07, 6.45) is 0. The fourth-order valence-corrected chi connectivity index (χ4v) is 1.59. The number of halogens is 1. The van der Waals surface area contributed by atoms with Gasteiger partial charge >= 0.3 is 0 Å². The van der Waals surface area contributed by atoms with Crippen molar-refractivity contribution in [3.05, 3.63) is 35.1 Å². The second-order valence-corrected chi connectivity index (χ2v) is 4.61. The first-order chi connectivity index (χ1) is 6.32. The summed E-state index contributed by atoms with van der Waals surface area (Å²) < 4.78 is 13.1. The van der Waals surface area contributed by atoms with Crippen LogP contribution in [-0.4, -0.2) is 0 Å². The maximum absolute atomic E-state index is 13.1. The lowest BCUT2D eigenvalue weighted by Gasteiger charge is -2.24. The summed E-state index contributed by atoms with van der Waals surface area (Å²) >= 11 is 0. The molecule has 0 bridgehead atoms. The molecule has 0 saturated heterocycles. The van der Waals surface area contributed by atoms with Gasteiger partial charge in [-0.15, -0.1) is 0 Å². The molecule has 0 aliphatic carbocycles. The van der Waals surface area contributed by atoms with Crippen molar-refractivity contribution in [2.24, 2.45) is 5.73 Å². The van der Waals surface area contributed by atoms with Gasteiger partial charge in [-0.3, -0.25) is 0 Å². The van der Waals surface area contributed by atoms with Gasteiger partial charge in [0.1, 0.15) is 5.82 Å². The van der Waals surface area contributed by atoms with E-state index >= 15 is 0 Å². The number of hydrogen-bond donors (Lipinski definition) is 1. The predicted octanol–water partition coefficient (Wildman–Crippen LogP) is 3.14. The highest BCUT2D eigenvalue weighted by molar-refractivity contribution is 5.35. The average molecular weight is 195 g/mol. The van der Waals surface area contributed by atoms with Crippen LogP contribution in [0.4, 0.5) is 4.39 Å². The highest BCUT2D eigenvalue weighted by atomic mass is 19.1. The normalized spacial score (nSPS) is 12.2. The quantitative estimate of drug-likeness (QED) is 0.770. The van der Waals surface area contributed by atoms with E-state index in [1.54, 1.807) is 0 Å². The summed E-state index contributed by atoms with van der Waals surface area (Å²) in [6, 6.07) is 4.85. The largest absolute Gasteiger partial charge is 0.322 e. The molecular formula is C12H18FN. The second-order valence-electron chi connectivity index (χ2n) is 4.61. The topological polar surface area (TPSA) is 26.0 Å². The summed E-state index contributed by atoms with van der Waals surface area (Å²) in [5.41, 5.74) is 7.53.